The summed E-state index contributed by atoms with van der Waals surface area (Å²) >= 11 is 0. The Morgan fingerprint density at radius 1 is 1.19 bits per heavy atom. The lowest BCUT2D eigenvalue weighted by molar-refractivity contribution is -0.199. The zero-order valence-electron chi connectivity index (χ0n) is 15.2. The maximum atomic E-state index is 12.8. The van der Waals surface area contributed by atoms with Crippen LogP contribution in [0.4, 0.5) is 5.69 Å². The smallest absolute Gasteiger partial charge is 0.253 e. The van der Waals surface area contributed by atoms with Crippen molar-refractivity contribution in [2.24, 2.45) is 5.41 Å². The van der Waals surface area contributed by atoms with Gasteiger partial charge in [0.1, 0.15) is 0 Å². The molecule has 2 amide bonds. The van der Waals surface area contributed by atoms with Gasteiger partial charge in [0.15, 0.2) is 0 Å². The van der Waals surface area contributed by atoms with E-state index in [1.807, 2.05) is 29.2 Å². The van der Waals surface area contributed by atoms with Gasteiger partial charge in [-0.25, -0.2) is 0 Å². The van der Waals surface area contributed by atoms with Gasteiger partial charge >= 0.3 is 0 Å². The summed E-state index contributed by atoms with van der Waals surface area (Å²) in [7, 11) is 1.70. The van der Waals surface area contributed by atoms with Crippen molar-refractivity contribution >= 4 is 17.5 Å². The lowest BCUT2D eigenvalue weighted by atomic mass is 9.58. The first-order valence-corrected chi connectivity index (χ1v) is 9.46. The molecular formula is C20H26N2O4. The lowest BCUT2D eigenvalue weighted by Crippen LogP contribution is -2.62. The summed E-state index contributed by atoms with van der Waals surface area (Å²) in [6.45, 7) is 2.04. The number of piperidine rings is 1. The molecule has 2 heterocycles. The zero-order chi connectivity index (χ0) is 18.3. The molecule has 1 aliphatic carbocycles. The highest BCUT2D eigenvalue weighted by Crippen LogP contribution is 2.50. The number of carbonyl (C=O) groups is 2. The van der Waals surface area contributed by atoms with Crippen molar-refractivity contribution in [3.63, 3.8) is 0 Å². The number of anilines is 1. The highest BCUT2D eigenvalue weighted by molar-refractivity contribution is 5.97. The number of hydrogen-bond donors (Lipinski definition) is 1. The van der Waals surface area contributed by atoms with E-state index in [1.54, 1.807) is 12.0 Å². The van der Waals surface area contributed by atoms with Crippen LogP contribution in [0.5, 0.6) is 0 Å². The first-order valence-electron chi connectivity index (χ1n) is 9.46. The molecule has 4 rings (SSSR count). The van der Waals surface area contributed by atoms with Gasteiger partial charge in [-0.05, 0) is 43.5 Å². The summed E-state index contributed by atoms with van der Waals surface area (Å²) in [5, 5.41) is 10.2. The fourth-order valence-electron chi connectivity index (χ4n) is 4.73. The molecule has 0 radical (unpaired) electrons. The molecule has 1 aromatic rings. The fourth-order valence-corrected chi connectivity index (χ4v) is 4.73. The molecule has 2 saturated heterocycles. The quantitative estimate of drug-likeness (QED) is 0.895. The molecule has 6 heteroatoms. The summed E-state index contributed by atoms with van der Waals surface area (Å²) in [5.41, 5.74) is 1.34. The van der Waals surface area contributed by atoms with Crippen molar-refractivity contribution in [2.45, 2.75) is 44.3 Å². The van der Waals surface area contributed by atoms with E-state index in [1.165, 1.54) is 0 Å². The van der Waals surface area contributed by atoms with E-state index in [0.29, 0.717) is 31.5 Å². The minimum atomic E-state index is -0.318. The predicted molar refractivity (Wildman–Crippen MR) is 97.0 cm³/mol. The standard InChI is InChI=1S/C20H26N2O4/c1-26-17-13-16(23)20(17)8-11-21(12-9-20)19(25)14-4-6-15(7-5-14)22-10-2-3-18(22)24/h4-7,16-17,23H,2-3,8-13H2,1H3/t16-,17+/m1/s1. The van der Waals surface area contributed by atoms with E-state index < -0.39 is 0 Å². The Labute approximate surface area is 153 Å². The van der Waals surface area contributed by atoms with Gasteiger partial charge in [-0.3, -0.25) is 9.59 Å². The summed E-state index contributed by atoms with van der Waals surface area (Å²) in [6.07, 6.45) is 3.53. The molecule has 2 aliphatic heterocycles. The number of aliphatic hydroxyl groups excluding tert-OH is 1. The molecule has 1 saturated carbocycles. The van der Waals surface area contributed by atoms with Crippen molar-refractivity contribution in [3.8, 4) is 0 Å². The summed E-state index contributed by atoms with van der Waals surface area (Å²) in [5.74, 6) is 0.166. The number of nitrogens with zero attached hydrogens (tertiary/aromatic N) is 2. The molecule has 0 unspecified atom stereocenters. The topological polar surface area (TPSA) is 70.1 Å². The average molecular weight is 358 g/mol. The number of ether oxygens (including phenoxy) is 1. The number of amides is 2. The summed E-state index contributed by atoms with van der Waals surface area (Å²) in [4.78, 5) is 28.3. The molecule has 3 fully saturated rings. The molecule has 3 aliphatic rings. The van der Waals surface area contributed by atoms with Crippen LogP contribution >= 0.6 is 0 Å². The third kappa shape index (κ3) is 2.72. The second kappa shape index (κ2) is 6.67. The van der Waals surface area contributed by atoms with Crippen LogP contribution in [0, 0.1) is 5.41 Å². The Hall–Kier alpha value is -1.92. The van der Waals surface area contributed by atoms with Crippen LogP contribution < -0.4 is 4.90 Å². The van der Waals surface area contributed by atoms with Crippen LogP contribution in [0.15, 0.2) is 24.3 Å². The minimum absolute atomic E-state index is 0.0157. The summed E-state index contributed by atoms with van der Waals surface area (Å²) < 4.78 is 5.51. The number of rotatable bonds is 3. The van der Waals surface area contributed by atoms with Crippen LogP contribution in [0.1, 0.15) is 42.5 Å². The number of likely N-dealkylation sites (tertiary alicyclic amines) is 1. The van der Waals surface area contributed by atoms with E-state index in [0.717, 1.165) is 31.5 Å². The number of carbonyl (C=O) groups excluding carboxylic acids is 2. The molecule has 1 aromatic carbocycles. The van der Waals surface area contributed by atoms with Gasteiger partial charge in [0.2, 0.25) is 5.91 Å². The second-order valence-electron chi connectivity index (χ2n) is 7.70. The normalized spacial score (nSPS) is 27.7. The van der Waals surface area contributed by atoms with Gasteiger partial charge in [0.25, 0.3) is 5.91 Å². The van der Waals surface area contributed by atoms with Crippen LogP contribution in [0.3, 0.4) is 0 Å². The van der Waals surface area contributed by atoms with Crippen molar-refractivity contribution in [3.05, 3.63) is 29.8 Å². The van der Waals surface area contributed by atoms with Crippen molar-refractivity contribution in [1.82, 2.24) is 4.90 Å². The Morgan fingerprint density at radius 2 is 1.88 bits per heavy atom. The Balaban J connectivity index is 1.40. The average Bonchev–Trinajstić information content (AvgIpc) is 3.11. The molecule has 0 aromatic heterocycles. The third-order valence-corrected chi connectivity index (χ3v) is 6.51. The Morgan fingerprint density at radius 3 is 2.42 bits per heavy atom. The van der Waals surface area contributed by atoms with Gasteiger partial charge in [-0.1, -0.05) is 0 Å². The number of aliphatic hydroxyl groups is 1. The van der Waals surface area contributed by atoms with Crippen molar-refractivity contribution in [2.75, 3.05) is 31.6 Å². The van der Waals surface area contributed by atoms with E-state index in [-0.39, 0.29) is 29.4 Å². The SMILES string of the molecule is CO[C@H]1C[C@@H](O)C12CCN(C(=O)c1ccc(N3CCCC3=O)cc1)CC2. The summed E-state index contributed by atoms with van der Waals surface area (Å²) in [6, 6.07) is 7.34. The fraction of sp³-hybridized carbons (Fsp3) is 0.600. The first kappa shape index (κ1) is 17.5. The minimum Gasteiger partial charge on any atom is -0.392 e. The third-order valence-electron chi connectivity index (χ3n) is 6.51. The molecule has 1 spiro atoms. The maximum Gasteiger partial charge on any atom is 0.253 e. The highest BCUT2D eigenvalue weighted by Gasteiger charge is 2.56. The maximum absolute atomic E-state index is 12.8. The van der Waals surface area contributed by atoms with Crippen molar-refractivity contribution < 1.29 is 19.4 Å². The molecule has 0 bridgehead atoms. The molecular weight excluding hydrogens is 332 g/mol. The van der Waals surface area contributed by atoms with Gasteiger partial charge in [0.05, 0.1) is 12.2 Å². The molecule has 1 N–H and O–H groups in total. The van der Waals surface area contributed by atoms with Crippen LogP contribution in [0.2, 0.25) is 0 Å². The molecule has 26 heavy (non-hydrogen) atoms. The number of hydrogen-bond acceptors (Lipinski definition) is 4. The monoisotopic (exact) mass is 358 g/mol. The second-order valence-corrected chi connectivity index (χ2v) is 7.70. The Bertz CT molecular complexity index is 694. The number of benzene rings is 1. The molecule has 6 nitrogen and oxygen atoms in total. The zero-order valence-corrected chi connectivity index (χ0v) is 15.2. The number of methoxy groups -OCH3 is 1. The van der Waals surface area contributed by atoms with Gasteiger partial charge < -0.3 is 19.6 Å². The van der Waals surface area contributed by atoms with Crippen LogP contribution in [-0.4, -0.2) is 60.8 Å². The van der Waals surface area contributed by atoms with Gasteiger partial charge in [-0.2, -0.15) is 0 Å². The molecule has 2 atom stereocenters. The van der Waals surface area contributed by atoms with Crippen LogP contribution in [0.25, 0.3) is 0 Å². The van der Waals surface area contributed by atoms with E-state index >= 15 is 0 Å². The van der Waals surface area contributed by atoms with Gasteiger partial charge in [-0.15, -0.1) is 0 Å². The highest BCUT2D eigenvalue weighted by atomic mass is 16.5. The van der Waals surface area contributed by atoms with Crippen LogP contribution in [-0.2, 0) is 9.53 Å². The van der Waals surface area contributed by atoms with Crippen molar-refractivity contribution in [1.29, 1.82) is 0 Å². The first-order chi connectivity index (χ1) is 12.5. The molecule has 140 valence electrons. The van der Waals surface area contributed by atoms with Gasteiger partial charge in [0, 0.05) is 56.3 Å². The van der Waals surface area contributed by atoms with E-state index in [4.69, 9.17) is 4.74 Å². The predicted octanol–water partition coefficient (Wildman–Crippen LogP) is 1.82. The van der Waals surface area contributed by atoms with E-state index in [2.05, 4.69) is 0 Å². The lowest BCUT2D eigenvalue weighted by Gasteiger charge is -2.56. The van der Waals surface area contributed by atoms with E-state index in [9.17, 15) is 14.7 Å². The Kier molecular flexibility index (Phi) is 4.49. The largest absolute Gasteiger partial charge is 0.392 e.